The minimum absolute atomic E-state index is 0.253. The third-order valence-corrected chi connectivity index (χ3v) is 5.21. The van der Waals surface area contributed by atoms with E-state index in [-0.39, 0.29) is 5.56 Å². The lowest BCUT2D eigenvalue weighted by atomic mass is 9.86. The first-order valence-corrected chi connectivity index (χ1v) is 9.19. The average molecular weight is 378 g/mol. The van der Waals surface area contributed by atoms with Crippen LogP contribution < -0.4 is 5.32 Å². The second kappa shape index (κ2) is 7.40. The van der Waals surface area contributed by atoms with Crippen LogP contribution in [0.1, 0.15) is 29.0 Å². The molecular weight excluding hydrogens is 356 g/mol. The fourth-order valence-electron chi connectivity index (χ4n) is 3.53. The van der Waals surface area contributed by atoms with Crippen LogP contribution in [-0.4, -0.2) is 56.3 Å². The number of carboxylic acids is 1. The molecule has 1 saturated heterocycles. The van der Waals surface area contributed by atoms with E-state index in [0.717, 1.165) is 43.0 Å². The number of likely N-dealkylation sites (tertiary alicyclic amines) is 1. The van der Waals surface area contributed by atoms with Gasteiger partial charge in [-0.1, -0.05) is 6.07 Å². The van der Waals surface area contributed by atoms with E-state index in [0.29, 0.717) is 5.82 Å². The molecule has 0 aliphatic carbocycles. The van der Waals surface area contributed by atoms with Crippen molar-refractivity contribution in [3.63, 3.8) is 0 Å². The van der Waals surface area contributed by atoms with Gasteiger partial charge in [0.05, 0.1) is 11.1 Å². The van der Waals surface area contributed by atoms with Crippen LogP contribution in [0.5, 0.6) is 0 Å². The first-order chi connectivity index (χ1) is 13.6. The predicted molar refractivity (Wildman–Crippen MR) is 105 cm³/mol. The number of piperidine rings is 1. The average Bonchev–Trinajstić information content (AvgIpc) is 3.22. The normalized spacial score (nSPS) is 16.6. The van der Waals surface area contributed by atoms with Gasteiger partial charge in [-0.05, 0) is 50.2 Å². The van der Waals surface area contributed by atoms with Crippen molar-refractivity contribution in [2.75, 3.05) is 25.5 Å². The van der Waals surface area contributed by atoms with E-state index in [2.05, 4.69) is 32.4 Å². The summed E-state index contributed by atoms with van der Waals surface area (Å²) in [5, 5.41) is 20.4. The van der Waals surface area contributed by atoms with Crippen LogP contribution in [0.2, 0.25) is 0 Å². The number of carbonyl (C=O) groups is 1. The van der Waals surface area contributed by atoms with Gasteiger partial charge in [-0.25, -0.2) is 9.78 Å². The Hall–Kier alpha value is -3.26. The number of pyridine rings is 1. The van der Waals surface area contributed by atoms with Gasteiger partial charge < -0.3 is 15.3 Å². The maximum Gasteiger partial charge on any atom is 0.335 e. The highest BCUT2D eigenvalue weighted by Gasteiger charge is 2.38. The van der Waals surface area contributed by atoms with Gasteiger partial charge in [-0.2, -0.15) is 5.10 Å². The zero-order chi connectivity index (χ0) is 19.6. The van der Waals surface area contributed by atoms with Crippen molar-refractivity contribution in [1.29, 1.82) is 0 Å². The summed E-state index contributed by atoms with van der Waals surface area (Å²) in [6, 6.07) is 10.6. The van der Waals surface area contributed by atoms with E-state index < -0.39 is 11.5 Å². The molecule has 4 rings (SSSR count). The number of nitrogens with one attached hydrogen (secondary N) is 2. The number of rotatable bonds is 5. The quantitative estimate of drug-likeness (QED) is 0.626. The van der Waals surface area contributed by atoms with Crippen LogP contribution >= 0.6 is 0 Å². The zero-order valence-corrected chi connectivity index (χ0v) is 15.6. The lowest BCUT2D eigenvalue weighted by Gasteiger charge is -2.40. The molecule has 3 aromatic rings. The van der Waals surface area contributed by atoms with E-state index in [1.807, 2.05) is 18.2 Å². The van der Waals surface area contributed by atoms with E-state index in [1.165, 1.54) is 0 Å². The Morgan fingerprint density at radius 2 is 1.96 bits per heavy atom. The SMILES string of the molecule is CN1CCC(Nc2cccc(C(=O)O)c2)(c2nc(-c3ccncc3)n[nH]2)CC1. The molecule has 1 aliphatic heterocycles. The van der Waals surface area contributed by atoms with Gasteiger partial charge in [0.1, 0.15) is 0 Å². The number of aromatic amines is 1. The van der Waals surface area contributed by atoms with Gasteiger partial charge in [-0.3, -0.25) is 10.1 Å². The first-order valence-electron chi connectivity index (χ1n) is 9.19. The standard InChI is InChI=1S/C20H22N6O2/c1-26-11-7-20(8-12-26,23-16-4-2-3-15(13-16)18(27)28)19-22-17(24-25-19)14-5-9-21-10-6-14/h2-6,9-10,13,23H,7-8,11-12H2,1H3,(H,27,28)(H,22,24,25). The van der Waals surface area contributed by atoms with E-state index in [4.69, 9.17) is 4.98 Å². The second-order valence-electron chi connectivity index (χ2n) is 7.14. The van der Waals surface area contributed by atoms with Crippen LogP contribution in [-0.2, 0) is 5.54 Å². The number of nitrogens with zero attached hydrogens (tertiary/aromatic N) is 4. The summed E-state index contributed by atoms with van der Waals surface area (Å²) in [4.78, 5) is 22.4. The molecule has 1 fully saturated rings. The Balaban J connectivity index is 1.68. The minimum atomic E-state index is -0.944. The summed E-state index contributed by atoms with van der Waals surface area (Å²) in [7, 11) is 2.09. The van der Waals surface area contributed by atoms with Gasteiger partial charge >= 0.3 is 5.97 Å². The van der Waals surface area contributed by atoms with Crippen LogP contribution in [0, 0.1) is 0 Å². The monoisotopic (exact) mass is 378 g/mol. The highest BCUT2D eigenvalue weighted by Crippen LogP contribution is 2.35. The van der Waals surface area contributed by atoms with Gasteiger partial charge in [0, 0.05) is 36.7 Å². The number of H-pyrrole nitrogens is 1. The van der Waals surface area contributed by atoms with Gasteiger partial charge in [0.2, 0.25) is 0 Å². The lowest BCUT2D eigenvalue weighted by Crippen LogP contribution is -2.46. The zero-order valence-electron chi connectivity index (χ0n) is 15.6. The summed E-state index contributed by atoms with van der Waals surface area (Å²) in [6.07, 6.45) is 5.08. The fraction of sp³-hybridized carbons (Fsp3) is 0.300. The molecule has 1 aromatic carbocycles. The van der Waals surface area contributed by atoms with Gasteiger partial charge in [-0.15, -0.1) is 0 Å². The molecule has 0 amide bonds. The predicted octanol–water partition coefficient (Wildman–Crippen LogP) is 2.60. The Kier molecular flexibility index (Phi) is 4.79. The molecule has 0 spiro atoms. The minimum Gasteiger partial charge on any atom is -0.478 e. The summed E-state index contributed by atoms with van der Waals surface area (Å²) in [6.45, 7) is 1.80. The van der Waals surface area contributed by atoms with E-state index in [9.17, 15) is 9.90 Å². The fourth-order valence-corrected chi connectivity index (χ4v) is 3.53. The number of hydrogen-bond acceptors (Lipinski definition) is 6. The van der Waals surface area contributed by atoms with E-state index >= 15 is 0 Å². The maximum atomic E-state index is 11.3. The van der Waals surface area contributed by atoms with Crippen LogP contribution in [0.3, 0.4) is 0 Å². The number of anilines is 1. The largest absolute Gasteiger partial charge is 0.478 e. The van der Waals surface area contributed by atoms with Crippen molar-refractivity contribution in [3.05, 3.63) is 60.2 Å². The third kappa shape index (κ3) is 3.59. The molecule has 144 valence electrons. The van der Waals surface area contributed by atoms with Crippen LogP contribution in [0.15, 0.2) is 48.8 Å². The van der Waals surface area contributed by atoms with Crippen LogP contribution in [0.4, 0.5) is 5.69 Å². The summed E-state index contributed by atoms with van der Waals surface area (Å²) >= 11 is 0. The Morgan fingerprint density at radius 1 is 1.21 bits per heavy atom. The molecule has 0 saturated carbocycles. The Bertz CT molecular complexity index is 964. The molecule has 0 bridgehead atoms. The lowest BCUT2D eigenvalue weighted by molar-refractivity contribution is 0.0697. The molecular formula is C20H22N6O2. The van der Waals surface area contributed by atoms with Crippen molar-refractivity contribution < 1.29 is 9.90 Å². The van der Waals surface area contributed by atoms with E-state index in [1.54, 1.807) is 30.6 Å². The highest BCUT2D eigenvalue weighted by atomic mass is 16.4. The molecule has 3 heterocycles. The number of hydrogen-bond donors (Lipinski definition) is 3. The number of aromatic nitrogens is 4. The highest BCUT2D eigenvalue weighted by molar-refractivity contribution is 5.88. The molecule has 1 aliphatic rings. The summed E-state index contributed by atoms with van der Waals surface area (Å²) < 4.78 is 0. The molecule has 3 N–H and O–H groups in total. The van der Waals surface area contributed by atoms with Gasteiger partial charge in [0.25, 0.3) is 0 Å². The van der Waals surface area contributed by atoms with Crippen molar-refractivity contribution in [2.45, 2.75) is 18.4 Å². The molecule has 0 unspecified atom stereocenters. The molecule has 2 aromatic heterocycles. The molecule has 8 nitrogen and oxygen atoms in total. The molecule has 8 heteroatoms. The Labute approximate surface area is 162 Å². The third-order valence-electron chi connectivity index (χ3n) is 5.21. The number of benzene rings is 1. The number of carboxylic acid groups (broad SMARTS) is 1. The first kappa shape index (κ1) is 18.1. The van der Waals surface area contributed by atoms with Crippen molar-refractivity contribution in [1.82, 2.24) is 25.1 Å². The maximum absolute atomic E-state index is 11.3. The molecule has 0 radical (unpaired) electrons. The molecule has 0 atom stereocenters. The summed E-state index contributed by atoms with van der Waals surface area (Å²) in [5.41, 5.74) is 1.46. The topological polar surface area (TPSA) is 107 Å². The molecule has 28 heavy (non-hydrogen) atoms. The van der Waals surface area contributed by atoms with Crippen molar-refractivity contribution in [3.8, 4) is 11.4 Å². The van der Waals surface area contributed by atoms with Crippen LogP contribution in [0.25, 0.3) is 11.4 Å². The second-order valence-corrected chi connectivity index (χ2v) is 7.14. The van der Waals surface area contributed by atoms with Crippen molar-refractivity contribution >= 4 is 11.7 Å². The smallest absolute Gasteiger partial charge is 0.335 e. The number of aromatic carboxylic acids is 1. The Morgan fingerprint density at radius 3 is 2.68 bits per heavy atom. The van der Waals surface area contributed by atoms with Gasteiger partial charge in [0.15, 0.2) is 11.6 Å². The summed E-state index contributed by atoms with van der Waals surface area (Å²) in [5.74, 6) is 0.436. The van der Waals surface area contributed by atoms with Crippen molar-refractivity contribution in [2.24, 2.45) is 0 Å².